The molecular formula is C18H20ClN3. The molecular weight excluding hydrogens is 294 g/mol. The van der Waals surface area contributed by atoms with Crippen LogP contribution in [0.15, 0.2) is 59.6 Å². The molecule has 0 atom stereocenters. The van der Waals surface area contributed by atoms with Crippen molar-refractivity contribution >= 4 is 22.7 Å². The Morgan fingerprint density at radius 3 is 2.09 bits per heavy atom. The zero-order chi connectivity index (χ0) is 16.1. The van der Waals surface area contributed by atoms with Gasteiger partial charge < -0.3 is 4.90 Å². The Morgan fingerprint density at radius 1 is 1.00 bits per heavy atom. The Hall–Kier alpha value is -2.13. The van der Waals surface area contributed by atoms with Crippen molar-refractivity contribution in [1.82, 2.24) is 4.90 Å². The molecule has 0 unspecified atom stereocenters. The van der Waals surface area contributed by atoms with Gasteiger partial charge in [0.05, 0.1) is 0 Å². The molecule has 1 N–H and O–H groups in total. The Balaban J connectivity index is 2.17. The molecule has 0 aliphatic rings. The van der Waals surface area contributed by atoms with Crippen LogP contribution in [-0.4, -0.2) is 29.1 Å². The molecule has 0 aliphatic carbocycles. The van der Waals surface area contributed by atoms with E-state index in [1.165, 1.54) is 0 Å². The summed E-state index contributed by atoms with van der Waals surface area (Å²) in [5.74, 6) is 0.164. The number of hydrogen-bond acceptors (Lipinski definition) is 1. The largest absolute Gasteiger partial charge is 0.348 e. The second-order valence-corrected chi connectivity index (χ2v) is 5.72. The van der Waals surface area contributed by atoms with Crippen molar-refractivity contribution in [3.05, 3.63) is 60.2 Å². The summed E-state index contributed by atoms with van der Waals surface area (Å²) in [6, 6.07) is 18.2. The highest BCUT2D eigenvalue weighted by Crippen LogP contribution is 2.19. The normalized spacial score (nSPS) is 11.6. The minimum atomic E-state index is 0.164. The van der Waals surface area contributed by atoms with Gasteiger partial charge in [0.1, 0.15) is 0 Å². The van der Waals surface area contributed by atoms with E-state index in [4.69, 9.17) is 17.0 Å². The van der Waals surface area contributed by atoms with Crippen molar-refractivity contribution in [2.45, 2.75) is 19.9 Å². The Morgan fingerprint density at radius 2 is 1.55 bits per heavy atom. The standard InChI is InChI=1S/C18H20ClN3/c1-13(2)22(3)18(19)21-17(20)16-11-9-15(10-12-16)14-7-5-4-6-8-14/h4-13,20H,1-3H3/b20-17?,21-18-. The second kappa shape index (κ2) is 7.23. The number of benzene rings is 2. The number of nitrogens with one attached hydrogen (secondary N) is 1. The van der Waals surface area contributed by atoms with Crippen molar-refractivity contribution < 1.29 is 0 Å². The average molecular weight is 314 g/mol. The van der Waals surface area contributed by atoms with Gasteiger partial charge in [-0.3, -0.25) is 5.41 Å². The number of amidine groups is 2. The lowest BCUT2D eigenvalue weighted by atomic mass is 10.0. The monoisotopic (exact) mass is 313 g/mol. The summed E-state index contributed by atoms with van der Waals surface area (Å²) in [4.78, 5) is 5.99. The maximum absolute atomic E-state index is 8.07. The first kappa shape index (κ1) is 16.2. The van der Waals surface area contributed by atoms with E-state index in [2.05, 4.69) is 17.1 Å². The van der Waals surface area contributed by atoms with Gasteiger partial charge in [-0.1, -0.05) is 54.6 Å². The number of nitrogens with zero attached hydrogens (tertiary/aromatic N) is 2. The summed E-state index contributed by atoms with van der Waals surface area (Å²) < 4.78 is 0. The van der Waals surface area contributed by atoms with E-state index in [1.807, 2.05) is 68.3 Å². The van der Waals surface area contributed by atoms with Crippen molar-refractivity contribution in [2.75, 3.05) is 7.05 Å². The minimum absolute atomic E-state index is 0.164. The first-order valence-corrected chi connectivity index (χ1v) is 7.58. The molecule has 0 saturated heterocycles. The zero-order valence-corrected chi connectivity index (χ0v) is 13.8. The molecule has 0 radical (unpaired) electrons. The van der Waals surface area contributed by atoms with E-state index in [9.17, 15) is 0 Å². The van der Waals surface area contributed by atoms with Gasteiger partial charge in [0.25, 0.3) is 0 Å². The first-order chi connectivity index (χ1) is 10.5. The predicted molar refractivity (Wildman–Crippen MR) is 94.9 cm³/mol. The molecule has 114 valence electrons. The van der Waals surface area contributed by atoms with E-state index < -0.39 is 0 Å². The van der Waals surface area contributed by atoms with E-state index in [0.717, 1.165) is 16.7 Å². The summed E-state index contributed by atoms with van der Waals surface area (Å²) in [5.41, 5.74) is 3.02. The van der Waals surface area contributed by atoms with Crippen LogP contribution >= 0.6 is 11.6 Å². The molecule has 0 aromatic heterocycles. The van der Waals surface area contributed by atoms with Crippen LogP contribution < -0.4 is 0 Å². The van der Waals surface area contributed by atoms with Crippen molar-refractivity contribution in [3.63, 3.8) is 0 Å². The topological polar surface area (TPSA) is 39.5 Å². The number of aliphatic imine (C=N–C) groups is 1. The molecule has 2 aromatic carbocycles. The summed E-state index contributed by atoms with van der Waals surface area (Å²) >= 11 is 6.13. The maximum atomic E-state index is 8.07. The van der Waals surface area contributed by atoms with Crippen molar-refractivity contribution in [2.24, 2.45) is 4.99 Å². The Kier molecular flexibility index (Phi) is 5.34. The van der Waals surface area contributed by atoms with Gasteiger partial charge in [0, 0.05) is 18.7 Å². The van der Waals surface area contributed by atoms with Gasteiger partial charge in [-0.05, 0) is 36.6 Å². The highest BCUT2D eigenvalue weighted by molar-refractivity contribution is 6.65. The van der Waals surface area contributed by atoms with Crippen LogP contribution in [0, 0.1) is 5.41 Å². The minimum Gasteiger partial charge on any atom is -0.348 e. The molecule has 0 saturated carbocycles. The summed E-state index contributed by atoms with van der Waals surface area (Å²) in [7, 11) is 1.86. The molecule has 0 heterocycles. The SMILES string of the molecule is CC(C)N(C)/C(Cl)=N\C(=N)c1ccc(-c2ccccc2)cc1. The van der Waals surface area contributed by atoms with Crippen LogP contribution in [0.1, 0.15) is 19.4 Å². The number of hydrogen-bond donors (Lipinski definition) is 1. The van der Waals surface area contributed by atoms with Gasteiger partial charge in [0.2, 0.25) is 5.29 Å². The first-order valence-electron chi connectivity index (χ1n) is 7.20. The molecule has 0 spiro atoms. The fourth-order valence-corrected chi connectivity index (χ4v) is 2.18. The fourth-order valence-electron chi connectivity index (χ4n) is 1.90. The lowest BCUT2D eigenvalue weighted by molar-refractivity contribution is 0.424. The third-order valence-corrected chi connectivity index (χ3v) is 3.89. The Bertz CT molecular complexity index is 660. The summed E-state index contributed by atoms with van der Waals surface area (Å²) in [5, 5.41) is 8.40. The lowest BCUT2D eigenvalue weighted by Crippen LogP contribution is -2.30. The molecule has 2 rings (SSSR count). The summed E-state index contributed by atoms with van der Waals surface area (Å²) in [6.07, 6.45) is 0. The van der Waals surface area contributed by atoms with E-state index in [1.54, 1.807) is 0 Å². The lowest BCUT2D eigenvalue weighted by Gasteiger charge is -2.21. The van der Waals surface area contributed by atoms with Gasteiger partial charge in [-0.2, -0.15) is 0 Å². The van der Waals surface area contributed by atoms with Gasteiger partial charge in [0.15, 0.2) is 5.84 Å². The summed E-state index contributed by atoms with van der Waals surface area (Å²) in [6.45, 7) is 4.05. The van der Waals surface area contributed by atoms with Crippen LogP contribution in [0.5, 0.6) is 0 Å². The average Bonchev–Trinajstić information content (AvgIpc) is 2.54. The van der Waals surface area contributed by atoms with E-state index in [-0.39, 0.29) is 11.9 Å². The van der Waals surface area contributed by atoms with Crippen LogP contribution in [-0.2, 0) is 0 Å². The maximum Gasteiger partial charge on any atom is 0.200 e. The van der Waals surface area contributed by atoms with Crippen molar-refractivity contribution in [3.8, 4) is 11.1 Å². The third-order valence-electron chi connectivity index (χ3n) is 3.54. The zero-order valence-electron chi connectivity index (χ0n) is 13.0. The van der Waals surface area contributed by atoms with Crippen LogP contribution in [0.4, 0.5) is 0 Å². The molecule has 0 aliphatic heterocycles. The molecule has 22 heavy (non-hydrogen) atoms. The van der Waals surface area contributed by atoms with Crippen LogP contribution in [0.25, 0.3) is 11.1 Å². The molecule has 0 bridgehead atoms. The fraction of sp³-hybridized carbons (Fsp3) is 0.222. The van der Waals surface area contributed by atoms with Crippen LogP contribution in [0.3, 0.4) is 0 Å². The molecule has 0 fully saturated rings. The van der Waals surface area contributed by atoms with Gasteiger partial charge in [-0.15, -0.1) is 0 Å². The van der Waals surface area contributed by atoms with E-state index >= 15 is 0 Å². The van der Waals surface area contributed by atoms with Gasteiger partial charge in [-0.25, -0.2) is 4.99 Å². The quantitative estimate of drug-likeness (QED) is 0.501. The molecule has 3 nitrogen and oxygen atoms in total. The highest BCUT2D eigenvalue weighted by atomic mass is 35.5. The number of halogens is 1. The smallest absolute Gasteiger partial charge is 0.200 e. The highest BCUT2D eigenvalue weighted by Gasteiger charge is 2.09. The van der Waals surface area contributed by atoms with Crippen molar-refractivity contribution in [1.29, 1.82) is 5.41 Å². The Labute approximate surface area is 136 Å². The third kappa shape index (κ3) is 3.95. The molecule has 2 aromatic rings. The predicted octanol–water partition coefficient (Wildman–Crippen LogP) is 4.61. The van der Waals surface area contributed by atoms with E-state index in [0.29, 0.717) is 5.29 Å². The number of rotatable bonds is 3. The van der Waals surface area contributed by atoms with Crippen LogP contribution in [0.2, 0.25) is 0 Å². The second-order valence-electron chi connectivity index (χ2n) is 5.38. The molecule has 4 heteroatoms. The van der Waals surface area contributed by atoms with Gasteiger partial charge >= 0.3 is 0 Å². The molecule has 0 amide bonds.